The molecule has 0 aromatic carbocycles. The van der Waals surface area contributed by atoms with Crippen molar-refractivity contribution in [3.63, 3.8) is 0 Å². The van der Waals surface area contributed by atoms with Crippen LogP contribution in [0.3, 0.4) is 0 Å². The molecule has 0 aromatic rings. The average molecular weight is 207 g/mol. The molecule has 0 unspecified atom stereocenters. The SMILES string of the molecule is C=CC(=O)N[N+](C)(C)CCCC.[Cl-]. The minimum Gasteiger partial charge on any atom is -1.00 e. The fourth-order valence-electron chi connectivity index (χ4n) is 0.953. The number of rotatable bonds is 5. The molecule has 0 aromatic heterocycles. The summed E-state index contributed by atoms with van der Waals surface area (Å²) in [6.07, 6.45) is 3.56. The number of quaternary nitrogens is 1. The molecule has 0 aliphatic heterocycles. The van der Waals surface area contributed by atoms with E-state index in [1.165, 1.54) is 6.08 Å². The first-order chi connectivity index (χ1) is 5.52. The first-order valence-electron chi connectivity index (χ1n) is 4.29. The monoisotopic (exact) mass is 206 g/mol. The molecule has 0 fully saturated rings. The van der Waals surface area contributed by atoms with Crippen molar-refractivity contribution in [3.05, 3.63) is 12.7 Å². The number of unbranched alkanes of at least 4 members (excludes halogenated alkanes) is 1. The van der Waals surface area contributed by atoms with E-state index in [9.17, 15) is 4.79 Å². The lowest BCUT2D eigenvalue weighted by molar-refractivity contribution is -0.925. The second-order valence-corrected chi connectivity index (χ2v) is 3.44. The predicted octanol–water partition coefficient (Wildman–Crippen LogP) is -1.92. The fourth-order valence-corrected chi connectivity index (χ4v) is 0.953. The molecule has 1 N–H and O–H groups in total. The van der Waals surface area contributed by atoms with E-state index in [2.05, 4.69) is 18.9 Å². The molecule has 78 valence electrons. The molecule has 0 spiro atoms. The van der Waals surface area contributed by atoms with Crippen molar-refractivity contribution in [1.82, 2.24) is 5.43 Å². The second-order valence-electron chi connectivity index (χ2n) is 3.44. The zero-order chi connectivity index (χ0) is 9.61. The number of amides is 1. The van der Waals surface area contributed by atoms with Crippen molar-refractivity contribution in [2.75, 3.05) is 20.6 Å². The summed E-state index contributed by atoms with van der Waals surface area (Å²) >= 11 is 0. The summed E-state index contributed by atoms with van der Waals surface area (Å²) in [5.41, 5.74) is 2.82. The highest BCUT2D eigenvalue weighted by atomic mass is 35.5. The van der Waals surface area contributed by atoms with Crippen LogP contribution < -0.4 is 17.8 Å². The van der Waals surface area contributed by atoms with Crippen LogP contribution in [0, 0.1) is 0 Å². The van der Waals surface area contributed by atoms with Crippen LogP contribution in [0.25, 0.3) is 0 Å². The first kappa shape index (κ1) is 15.0. The molecule has 0 radical (unpaired) electrons. The molecule has 0 rings (SSSR count). The Bertz CT molecular complexity index is 169. The van der Waals surface area contributed by atoms with Crippen molar-refractivity contribution < 1.29 is 21.8 Å². The van der Waals surface area contributed by atoms with E-state index >= 15 is 0 Å². The van der Waals surface area contributed by atoms with Crippen LogP contribution >= 0.6 is 0 Å². The van der Waals surface area contributed by atoms with E-state index in [1.54, 1.807) is 0 Å². The summed E-state index contributed by atoms with van der Waals surface area (Å²) in [4.78, 5) is 10.9. The van der Waals surface area contributed by atoms with Crippen molar-refractivity contribution in [2.45, 2.75) is 19.8 Å². The molecule has 0 aliphatic rings. The van der Waals surface area contributed by atoms with Gasteiger partial charge in [-0.3, -0.25) is 4.79 Å². The Balaban J connectivity index is 0. The summed E-state index contributed by atoms with van der Waals surface area (Å²) in [5.74, 6) is -0.115. The third kappa shape index (κ3) is 7.81. The normalized spacial score (nSPS) is 10.1. The molecular formula is C9H19ClN2O. The van der Waals surface area contributed by atoms with Gasteiger partial charge in [-0.05, 0) is 6.42 Å². The number of carbonyl (C=O) groups excluding carboxylic acids is 1. The Kier molecular flexibility index (Phi) is 7.96. The molecule has 0 bridgehead atoms. The zero-order valence-corrected chi connectivity index (χ0v) is 9.40. The molecule has 0 aliphatic carbocycles. The highest BCUT2D eigenvalue weighted by molar-refractivity contribution is 5.85. The smallest absolute Gasteiger partial charge is 0.288 e. The van der Waals surface area contributed by atoms with Crippen LogP contribution in [-0.4, -0.2) is 31.1 Å². The highest BCUT2D eigenvalue weighted by Gasteiger charge is 2.15. The van der Waals surface area contributed by atoms with Crippen molar-refractivity contribution in [3.8, 4) is 0 Å². The Hall–Kier alpha value is -0.540. The largest absolute Gasteiger partial charge is 1.00 e. The highest BCUT2D eigenvalue weighted by Crippen LogP contribution is 1.96. The average Bonchev–Trinajstić information content (AvgIpc) is 2.00. The maximum atomic E-state index is 10.9. The van der Waals surface area contributed by atoms with Gasteiger partial charge >= 0.3 is 0 Å². The number of hydrogen-bond donors (Lipinski definition) is 1. The standard InChI is InChI=1S/C9H18N2O.ClH/c1-5-7-8-11(3,4)10-9(12)6-2;/h6H,2,5,7-8H2,1,3-4H3;1H. The van der Waals surface area contributed by atoms with E-state index in [4.69, 9.17) is 0 Å². The first-order valence-corrected chi connectivity index (χ1v) is 4.29. The van der Waals surface area contributed by atoms with Gasteiger partial charge in [-0.1, -0.05) is 19.9 Å². The number of hydrogen-bond acceptors (Lipinski definition) is 1. The van der Waals surface area contributed by atoms with Gasteiger partial charge < -0.3 is 12.4 Å². The fraction of sp³-hybridized carbons (Fsp3) is 0.667. The molecule has 3 nitrogen and oxygen atoms in total. The maximum Gasteiger partial charge on any atom is 0.288 e. The minimum absolute atomic E-state index is 0. The van der Waals surface area contributed by atoms with Gasteiger partial charge in [0.2, 0.25) is 0 Å². The summed E-state index contributed by atoms with van der Waals surface area (Å²) in [6.45, 7) is 6.49. The third-order valence-electron chi connectivity index (χ3n) is 1.67. The Labute approximate surface area is 86.8 Å². The van der Waals surface area contributed by atoms with E-state index in [0.717, 1.165) is 19.4 Å². The number of nitrogens with zero attached hydrogens (tertiary/aromatic N) is 1. The van der Waals surface area contributed by atoms with Crippen LogP contribution in [-0.2, 0) is 4.79 Å². The van der Waals surface area contributed by atoms with Crippen LogP contribution in [0.4, 0.5) is 0 Å². The second kappa shape index (κ2) is 6.92. The lowest BCUT2D eigenvalue weighted by atomic mass is 10.3. The topological polar surface area (TPSA) is 29.1 Å². The Morgan fingerprint density at radius 1 is 1.54 bits per heavy atom. The van der Waals surface area contributed by atoms with Crippen molar-refractivity contribution in [1.29, 1.82) is 0 Å². The summed E-state index contributed by atoms with van der Waals surface area (Å²) in [6, 6.07) is 0. The van der Waals surface area contributed by atoms with E-state index in [1.807, 2.05) is 14.1 Å². The van der Waals surface area contributed by atoms with Crippen LogP contribution in [0.15, 0.2) is 12.7 Å². The lowest BCUT2D eigenvalue weighted by Gasteiger charge is -2.28. The van der Waals surface area contributed by atoms with Crippen molar-refractivity contribution in [2.24, 2.45) is 0 Å². The van der Waals surface area contributed by atoms with Gasteiger partial charge in [-0.2, -0.15) is 5.43 Å². The molecule has 0 saturated carbocycles. The molecule has 0 saturated heterocycles. The zero-order valence-electron chi connectivity index (χ0n) is 8.64. The molecule has 1 amide bonds. The molecule has 0 atom stereocenters. The quantitative estimate of drug-likeness (QED) is 0.317. The lowest BCUT2D eigenvalue weighted by Crippen LogP contribution is -3.00. The van der Waals surface area contributed by atoms with Crippen LogP contribution in [0.1, 0.15) is 19.8 Å². The third-order valence-corrected chi connectivity index (χ3v) is 1.67. The molecule has 13 heavy (non-hydrogen) atoms. The van der Waals surface area contributed by atoms with E-state index in [-0.39, 0.29) is 18.3 Å². The van der Waals surface area contributed by atoms with E-state index in [0.29, 0.717) is 4.59 Å². The van der Waals surface area contributed by atoms with Crippen LogP contribution in [0.2, 0.25) is 0 Å². The van der Waals surface area contributed by atoms with Gasteiger partial charge in [-0.25, -0.2) is 4.59 Å². The summed E-state index contributed by atoms with van der Waals surface area (Å²) in [7, 11) is 3.94. The van der Waals surface area contributed by atoms with Gasteiger partial charge in [0.1, 0.15) is 6.54 Å². The van der Waals surface area contributed by atoms with E-state index < -0.39 is 0 Å². The number of halogens is 1. The molecular weight excluding hydrogens is 188 g/mol. The van der Waals surface area contributed by atoms with Crippen LogP contribution in [0.5, 0.6) is 0 Å². The van der Waals surface area contributed by atoms with Gasteiger partial charge in [0.25, 0.3) is 5.91 Å². The Morgan fingerprint density at radius 2 is 2.08 bits per heavy atom. The summed E-state index contributed by atoms with van der Waals surface area (Å²) < 4.78 is 0.526. The maximum absolute atomic E-state index is 10.9. The molecule has 4 heteroatoms. The number of nitrogens with one attached hydrogen (secondary N) is 1. The number of carbonyl (C=O) groups is 1. The minimum atomic E-state index is -0.115. The molecule has 0 heterocycles. The van der Waals surface area contributed by atoms with Gasteiger partial charge in [-0.15, -0.1) is 0 Å². The summed E-state index contributed by atoms with van der Waals surface area (Å²) in [5, 5.41) is 0. The van der Waals surface area contributed by atoms with Crippen molar-refractivity contribution >= 4 is 5.91 Å². The Morgan fingerprint density at radius 3 is 2.46 bits per heavy atom. The van der Waals surface area contributed by atoms with Gasteiger partial charge in [0, 0.05) is 6.08 Å². The van der Waals surface area contributed by atoms with Gasteiger partial charge in [0.15, 0.2) is 0 Å². The van der Waals surface area contributed by atoms with Gasteiger partial charge in [0.05, 0.1) is 14.1 Å². The predicted molar refractivity (Wildman–Crippen MR) is 50.2 cm³/mol.